The van der Waals surface area contributed by atoms with Gasteiger partial charge in [0.05, 0.1) is 16.6 Å². The van der Waals surface area contributed by atoms with Gasteiger partial charge in [-0.15, -0.1) is 24.9 Å². The van der Waals surface area contributed by atoms with Crippen LogP contribution in [-0.4, -0.2) is 86.4 Å². The van der Waals surface area contributed by atoms with Crippen LogP contribution < -0.4 is 0 Å². The lowest BCUT2D eigenvalue weighted by Crippen LogP contribution is -2.57. The van der Waals surface area contributed by atoms with Crippen LogP contribution in [0.5, 0.6) is 0 Å². The third-order valence-electron chi connectivity index (χ3n) is 9.14. The molecule has 6 atom stereocenters. The Labute approximate surface area is 250 Å². The summed E-state index contributed by atoms with van der Waals surface area (Å²) < 4.78 is -0.644. The number of fused-ring (bicyclic) bond motifs is 1. The fraction of sp³-hybridized carbons (Fsp3) is 0.606. The van der Waals surface area contributed by atoms with Gasteiger partial charge in [-0.25, -0.2) is 0 Å². The van der Waals surface area contributed by atoms with E-state index in [0.717, 1.165) is 31.2 Å². The number of benzene rings is 1. The number of rotatable bonds is 16. The maximum atomic E-state index is 14.5. The zero-order chi connectivity index (χ0) is 29.6. The topological polar surface area (TPSA) is 81.2 Å². The normalized spacial score (nSPS) is 28.0. The van der Waals surface area contributed by atoms with Crippen molar-refractivity contribution in [1.82, 2.24) is 14.7 Å². The van der Waals surface area contributed by atoms with Gasteiger partial charge in [-0.3, -0.25) is 14.4 Å². The lowest BCUT2D eigenvalue weighted by Gasteiger charge is -2.41. The standard InChI is InChI=1S/C33H47N3O4S/c1-5-8-12-19-34(17-6-2)32(40)29-33-24(4)22-26(41-33)27(28(33)31(39)36(29)20-13-14-21-37)30(38)35(18-7-3)23-25-15-10-9-11-16-25/h6-7,9-11,15-16,24,26-29,37H,2-3,5,8,12-14,17-23H2,1,4H3/t24?,26-,27+,28+,29?,33?/m1/s1. The van der Waals surface area contributed by atoms with E-state index in [1.165, 1.54) is 0 Å². The smallest absolute Gasteiger partial charge is 0.247 e. The van der Waals surface area contributed by atoms with Crippen LogP contribution in [0.25, 0.3) is 0 Å². The molecule has 1 spiro atoms. The third kappa shape index (κ3) is 6.00. The number of thioether (sulfide) groups is 1. The van der Waals surface area contributed by atoms with E-state index in [0.29, 0.717) is 45.6 Å². The van der Waals surface area contributed by atoms with E-state index in [1.807, 2.05) is 40.1 Å². The second kappa shape index (κ2) is 14.1. The van der Waals surface area contributed by atoms with Crippen molar-refractivity contribution >= 4 is 29.5 Å². The fourth-order valence-corrected chi connectivity index (χ4v) is 9.70. The van der Waals surface area contributed by atoms with Crippen molar-refractivity contribution in [2.45, 2.75) is 75.0 Å². The van der Waals surface area contributed by atoms with Gasteiger partial charge in [0.2, 0.25) is 17.7 Å². The van der Waals surface area contributed by atoms with Crippen LogP contribution in [0.4, 0.5) is 0 Å². The summed E-state index contributed by atoms with van der Waals surface area (Å²) in [5.41, 5.74) is 1.03. The van der Waals surface area contributed by atoms with Crippen molar-refractivity contribution in [2.24, 2.45) is 17.8 Å². The molecule has 224 valence electrons. The molecular weight excluding hydrogens is 534 g/mol. The van der Waals surface area contributed by atoms with E-state index in [9.17, 15) is 19.5 Å². The van der Waals surface area contributed by atoms with Crippen LogP contribution in [0.1, 0.15) is 57.9 Å². The average molecular weight is 582 g/mol. The third-order valence-corrected chi connectivity index (χ3v) is 11.2. The minimum absolute atomic E-state index is 0.00243. The highest BCUT2D eigenvalue weighted by molar-refractivity contribution is 8.02. The number of hydrogen-bond acceptors (Lipinski definition) is 5. The van der Waals surface area contributed by atoms with Crippen LogP contribution in [0.3, 0.4) is 0 Å². The van der Waals surface area contributed by atoms with Gasteiger partial charge >= 0.3 is 0 Å². The molecule has 3 aliphatic rings. The van der Waals surface area contributed by atoms with Crippen molar-refractivity contribution in [3.63, 3.8) is 0 Å². The highest BCUT2D eigenvalue weighted by Crippen LogP contribution is 2.69. The lowest BCUT2D eigenvalue weighted by atomic mass is 9.65. The minimum atomic E-state index is -0.644. The summed E-state index contributed by atoms with van der Waals surface area (Å²) in [5.74, 6) is -1.02. The summed E-state index contributed by atoms with van der Waals surface area (Å²) in [6.45, 7) is 14.5. The van der Waals surface area contributed by atoms with Gasteiger partial charge in [-0.05, 0) is 37.2 Å². The average Bonchev–Trinajstić information content (AvgIpc) is 3.56. The van der Waals surface area contributed by atoms with E-state index < -0.39 is 22.6 Å². The molecule has 3 aliphatic heterocycles. The number of aliphatic hydroxyl groups is 1. The second-order valence-electron chi connectivity index (χ2n) is 11.8. The van der Waals surface area contributed by atoms with Crippen LogP contribution >= 0.6 is 11.8 Å². The molecule has 0 saturated carbocycles. The van der Waals surface area contributed by atoms with Crippen molar-refractivity contribution in [3.05, 3.63) is 61.2 Å². The van der Waals surface area contributed by atoms with Gasteiger partial charge in [0.25, 0.3) is 0 Å². The zero-order valence-corrected chi connectivity index (χ0v) is 25.6. The summed E-state index contributed by atoms with van der Waals surface area (Å²) in [4.78, 5) is 48.6. The molecule has 1 N–H and O–H groups in total. The van der Waals surface area contributed by atoms with E-state index >= 15 is 0 Å². The zero-order valence-electron chi connectivity index (χ0n) is 24.7. The van der Waals surface area contributed by atoms with E-state index in [4.69, 9.17) is 0 Å². The summed E-state index contributed by atoms with van der Waals surface area (Å²) in [6, 6.07) is 9.28. The van der Waals surface area contributed by atoms with Crippen molar-refractivity contribution < 1.29 is 19.5 Å². The van der Waals surface area contributed by atoms with Crippen LogP contribution in [0, 0.1) is 17.8 Å². The highest BCUT2D eigenvalue weighted by atomic mass is 32.2. The number of aliphatic hydroxyl groups excluding tert-OH is 1. The molecule has 7 nitrogen and oxygen atoms in total. The van der Waals surface area contributed by atoms with Crippen molar-refractivity contribution in [1.29, 1.82) is 0 Å². The first-order valence-electron chi connectivity index (χ1n) is 15.3. The first-order chi connectivity index (χ1) is 19.8. The van der Waals surface area contributed by atoms with Crippen molar-refractivity contribution in [3.8, 4) is 0 Å². The number of carbonyl (C=O) groups excluding carboxylic acids is 3. The van der Waals surface area contributed by atoms with Crippen LogP contribution in [0.15, 0.2) is 55.6 Å². The molecular formula is C33H47N3O4S. The molecule has 0 aliphatic carbocycles. The van der Waals surface area contributed by atoms with E-state index in [1.54, 1.807) is 28.8 Å². The highest BCUT2D eigenvalue weighted by Gasteiger charge is 2.76. The number of unbranched alkanes of at least 4 members (excludes halogenated alkanes) is 3. The Morgan fingerprint density at radius 2 is 1.78 bits per heavy atom. The number of nitrogens with zero attached hydrogens (tertiary/aromatic N) is 3. The monoisotopic (exact) mass is 581 g/mol. The Morgan fingerprint density at radius 3 is 2.44 bits per heavy atom. The number of likely N-dealkylation sites (tertiary alicyclic amines) is 1. The molecule has 2 bridgehead atoms. The first kappa shape index (κ1) is 31.4. The molecule has 41 heavy (non-hydrogen) atoms. The Bertz CT molecular complexity index is 1100. The molecule has 3 unspecified atom stereocenters. The molecule has 3 saturated heterocycles. The van der Waals surface area contributed by atoms with Gasteiger partial charge in [0.1, 0.15) is 6.04 Å². The maximum absolute atomic E-state index is 14.5. The predicted molar refractivity (Wildman–Crippen MR) is 165 cm³/mol. The molecule has 4 rings (SSSR count). The molecule has 1 aromatic carbocycles. The Kier molecular flexibility index (Phi) is 10.8. The molecule has 3 heterocycles. The van der Waals surface area contributed by atoms with Crippen LogP contribution in [0.2, 0.25) is 0 Å². The predicted octanol–water partition coefficient (Wildman–Crippen LogP) is 4.52. The molecule has 1 aromatic rings. The maximum Gasteiger partial charge on any atom is 0.247 e. The Hall–Kier alpha value is -2.58. The van der Waals surface area contributed by atoms with Gasteiger partial charge in [-0.1, -0.05) is 69.2 Å². The number of hydrogen-bond donors (Lipinski definition) is 1. The van der Waals surface area contributed by atoms with Gasteiger partial charge < -0.3 is 19.8 Å². The molecule has 8 heteroatoms. The second-order valence-corrected chi connectivity index (χ2v) is 13.3. The quantitative estimate of drug-likeness (QED) is 0.229. The van der Waals surface area contributed by atoms with Crippen molar-refractivity contribution in [2.75, 3.05) is 32.8 Å². The fourth-order valence-electron chi connectivity index (χ4n) is 7.29. The lowest BCUT2D eigenvalue weighted by molar-refractivity contribution is -0.145. The summed E-state index contributed by atoms with van der Waals surface area (Å²) in [5, 5.41) is 9.46. The summed E-state index contributed by atoms with van der Waals surface area (Å²) in [6.07, 6.45) is 8.48. The first-order valence-corrected chi connectivity index (χ1v) is 16.2. The van der Waals surface area contributed by atoms with E-state index in [-0.39, 0.29) is 35.5 Å². The van der Waals surface area contributed by atoms with Gasteiger partial charge in [-0.2, -0.15) is 0 Å². The Balaban J connectivity index is 1.70. The molecule has 0 aromatic heterocycles. The minimum Gasteiger partial charge on any atom is -0.396 e. The molecule has 0 radical (unpaired) electrons. The Morgan fingerprint density at radius 1 is 1.07 bits per heavy atom. The van der Waals surface area contributed by atoms with E-state index in [2.05, 4.69) is 27.0 Å². The van der Waals surface area contributed by atoms with Gasteiger partial charge in [0, 0.05) is 44.6 Å². The number of amides is 3. The van der Waals surface area contributed by atoms with Crippen LogP contribution in [-0.2, 0) is 20.9 Å². The SMILES string of the molecule is C=CCN(CCCCC)C(=O)C1N(CCCCO)C(=O)[C@@H]2[C@@H](C(=O)N(CC=C)Cc3ccccc3)[C@H]3CC(C)C12S3. The summed E-state index contributed by atoms with van der Waals surface area (Å²) >= 11 is 1.72. The number of carbonyl (C=O) groups is 3. The molecule has 3 fully saturated rings. The largest absolute Gasteiger partial charge is 0.396 e. The van der Waals surface area contributed by atoms with Gasteiger partial charge in [0.15, 0.2) is 0 Å². The molecule has 3 amide bonds. The summed E-state index contributed by atoms with van der Waals surface area (Å²) in [7, 11) is 0.